The van der Waals surface area contributed by atoms with Crippen LogP contribution in [0.3, 0.4) is 0 Å². The van der Waals surface area contributed by atoms with E-state index < -0.39 is 28.5 Å². The summed E-state index contributed by atoms with van der Waals surface area (Å²) in [5.41, 5.74) is 2.79. The summed E-state index contributed by atoms with van der Waals surface area (Å²) in [5.74, 6) is -0.772. The fourth-order valence-corrected chi connectivity index (χ4v) is 4.65. The second kappa shape index (κ2) is 12.2. The molecule has 0 aliphatic heterocycles. The van der Waals surface area contributed by atoms with Crippen LogP contribution in [0.25, 0.3) is 0 Å². The van der Waals surface area contributed by atoms with Crippen LogP contribution in [-0.4, -0.2) is 50.5 Å². The fraction of sp³-hybridized carbons (Fsp3) is 0.440. The predicted molar refractivity (Wildman–Crippen MR) is 137 cm³/mol. The number of rotatable bonds is 11. The highest BCUT2D eigenvalue weighted by Crippen LogP contribution is 2.24. The molecule has 0 aliphatic carbocycles. The number of nitrogens with zero attached hydrogens (tertiary/aromatic N) is 2. The molecule has 9 heteroatoms. The second-order valence-corrected chi connectivity index (χ2v) is 10.9. The molecule has 2 rings (SSSR count). The summed E-state index contributed by atoms with van der Waals surface area (Å²) in [7, 11) is -3.76. The number of sulfonamides is 1. The number of hydrogen-bond donors (Lipinski definition) is 1. The summed E-state index contributed by atoms with van der Waals surface area (Å²) in [6, 6.07) is 11.7. The Morgan fingerprint density at radius 1 is 1.12 bits per heavy atom. The predicted octanol–water partition coefficient (Wildman–Crippen LogP) is 4.06. The molecule has 0 heterocycles. The van der Waals surface area contributed by atoms with E-state index in [2.05, 4.69) is 5.32 Å². The number of benzene rings is 2. The zero-order valence-electron chi connectivity index (χ0n) is 20.5. The van der Waals surface area contributed by atoms with Gasteiger partial charge in [-0.3, -0.25) is 13.9 Å². The third-order valence-corrected chi connectivity index (χ3v) is 6.91. The quantitative estimate of drug-likeness (QED) is 0.465. The summed E-state index contributed by atoms with van der Waals surface area (Å²) in [5, 5.41) is 3.37. The van der Waals surface area contributed by atoms with Crippen molar-refractivity contribution in [2.75, 3.05) is 23.7 Å². The summed E-state index contributed by atoms with van der Waals surface area (Å²) in [6.07, 6.45) is 2.83. The van der Waals surface area contributed by atoms with E-state index in [0.29, 0.717) is 17.3 Å². The van der Waals surface area contributed by atoms with Gasteiger partial charge in [0, 0.05) is 18.1 Å². The standard InChI is InChI=1S/C25H34ClN3O4S/c1-6-7-13-27-25(31)20(4)28(16-21-9-8-10-22(26)15-21)24(30)17-29(34(5,32)33)23-14-18(2)11-12-19(23)3/h8-12,14-15,20H,6-7,13,16-17H2,1-5H3,(H,27,31)/t20-/m0/s1. The molecule has 0 spiro atoms. The van der Waals surface area contributed by atoms with Crippen molar-refractivity contribution in [3.63, 3.8) is 0 Å². The van der Waals surface area contributed by atoms with Gasteiger partial charge in [-0.1, -0.05) is 49.2 Å². The normalized spacial score (nSPS) is 12.2. The van der Waals surface area contributed by atoms with Crippen LogP contribution >= 0.6 is 11.6 Å². The SMILES string of the molecule is CCCCNC(=O)[C@H](C)N(Cc1cccc(Cl)c1)C(=O)CN(c1cc(C)ccc1C)S(C)(=O)=O. The molecule has 0 saturated heterocycles. The maximum absolute atomic E-state index is 13.5. The lowest BCUT2D eigenvalue weighted by atomic mass is 10.1. The molecule has 1 atom stereocenters. The topological polar surface area (TPSA) is 86.8 Å². The molecule has 0 bridgehead atoms. The molecule has 7 nitrogen and oxygen atoms in total. The van der Waals surface area contributed by atoms with Crippen molar-refractivity contribution >= 4 is 39.1 Å². The van der Waals surface area contributed by atoms with E-state index in [4.69, 9.17) is 11.6 Å². The van der Waals surface area contributed by atoms with E-state index >= 15 is 0 Å². The first-order chi connectivity index (χ1) is 15.9. The first-order valence-electron chi connectivity index (χ1n) is 11.3. The number of carbonyl (C=O) groups excluding carboxylic acids is 2. The van der Waals surface area contributed by atoms with E-state index in [9.17, 15) is 18.0 Å². The Morgan fingerprint density at radius 3 is 2.44 bits per heavy atom. The van der Waals surface area contributed by atoms with Crippen LogP contribution in [0.1, 0.15) is 43.4 Å². The molecular weight excluding hydrogens is 474 g/mol. The summed E-state index contributed by atoms with van der Waals surface area (Å²) in [4.78, 5) is 27.8. The monoisotopic (exact) mass is 507 g/mol. The minimum absolute atomic E-state index is 0.117. The van der Waals surface area contributed by atoms with Gasteiger partial charge < -0.3 is 10.2 Å². The molecule has 34 heavy (non-hydrogen) atoms. The van der Waals surface area contributed by atoms with Gasteiger partial charge in [-0.05, 0) is 62.1 Å². The van der Waals surface area contributed by atoms with Crippen LogP contribution in [0, 0.1) is 13.8 Å². The third kappa shape index (κ3) is 7.74. The number of halogens is 1. The lowest BCUT2D eigenvalue weighted by molar-refractivity contribution is -0.139. The molecule has 2 amide bonds. The van der Waals surface area contributed by atoms with Crippen molar-refractivity contribution in [2.24, 2.45) is 0 Å². The molecule has 2 aromatic rings. The zero-order chi connectivity index (χ0) is 25.5. The third-order valence-electron chi connectivity index (χ3n) is 5.55. The molecule has 0 fully saturated rings. The van der Waals surface area contributed by atoms with Gasteiger partial charge in [-0.15, -0.1) is 0 Å². The highest BCUT2D eigenvalue weighted by molar-refractivity contribution is 7.92. The van der Waals surface area contributed by atoms with Crippen molar-refractivity contribution in [1.29, 1.82) is 0 Å². The van der Waals surface area contributed by atoms with Crippen LogP contribution in [0.2, 0.25) is 5.02 Å². The van der Waals surface area contributed by atoms with Gasteiger partial charge in [0.25, 0.3) is 0 Å². The number of amides is 2. The molecule has 0 saturated carbocycles. The molecule has 0 radical (unpaired) electrons. The highest BCUT2D eigenvalue weighted by Gasteiger charge is 2.30. The molecule has 0 unspecified atom stereocenters. The van der Waals surface area contributed by atoms with Crippen molar-refractivity contribution in [1.82, 2.24) is 10.2 Å². The fourth-order valence-electron chi connectivity index (χ4n) is 3.53. The molecule has 1 N–H and O–H groups in total. The maximum Gasteiger partial charge on any atom is 0.244 e. The van der Waals surface area contributed by atoms with Gasteiger partial charge in [0.1, 0.15) is 12.6 Å². The number of unbranched alkanes of at least 4 members (excludes halogenated alkanes) is 1. The van der Waals surface area contributed by atoms with Crippen LogP contribution in [-0.2, 0) is 26.2 Å². The van der Waals surface area contributed by atoms with Gasteiger partial charge in [-0.2, -0.15) is 0 Å². The van der Waals surface area contributed by atoms with Gasteiger partial charge in [0.2, 0.25) is 21.8 Å². The lowest BCUT2D eigenvalue weighted by Crippen LogP contribution is -2.51. The van der Waals surface area contributed by atoms with Gasteiger partial charge in [0.15, 0.2) is 0 Å². The average Bonchev–Trinajstić information content (AvgIpc) is 2.76. The van der Waals surface area contributed by atoms with Crippen molar-refractivity contribution < 1.29 is 18.0 Å². The first kappa shape index (κ1) is 27.7. The maximum atomic E-state index is 13.5. The van der Waals surface area contributed by atoms with Gasteiger partial charge >= 0.3 is 0 Å². The van der Waals surface area contributed by atoms with Crippen LogP contribution in [0.15, 0.2) is 42.5 Å². The minimum atomic E-state index is -3.76. The Morgan fingerprint density at radius 2 is 1.82 bits per heavy atom. The number of hydrogen-bond acceptors (Lipinski definition) is 4. The lowest BCUT2D eigenvalue weighted by Gasteiger charge is -2.32. The molecular formula is C25H34ClN3O4S. The Kier molecular flexibility index (Phi) is 9.94. The summed E-state index contributed by atoms with van der Waals surface area (Å²) in [6.45, 7) is 7.54. The largest absolute Gasteiger partial charge is 0.354 e. The zero-order valence-corrected chi connectivity index (χ0v) is 22.0. The average molecular weight is 508 g/mol. The van der Waals surface area contributed by atoms with Crippen LogP contribution in [0.4, 0.5) is 5.69 Å². The number of aryl methyl sites for hydroxylation is 2. The van der Waals surface area contributed by atoms with E-state index in [1.165, 1.54) is 4.90 Å². The van der Waals surface area contributed by atoms with E-state index in [-0.39, 0.29) is 12.5 Å². The van der Waals surface area contributed by atoms with Crippen LogP contribution in [0.5, 0.6) is 0 Å². The number of nitrogens with one attached hydrogen (secondary N) is 1. The summed E-state index contributed by atoms with van der Waals surface area (Å²) >= 11 is 6.12. The van der Waals surface area contributed by atoms with E-state index in [1.807, 2.05) is 32.0 Å². The minimum Gasteiger partial charge on any atom is -0.354 e. The number of carbonyl (C=O) groups is 2. The van der Waals surface area contributed by atoms with Crippen LogP contribution < -0.4 is 9.62 Å². The Labute approximate surface area is 208 Å². The molecule has 186 valence electrons. The van der Waals surface area contributed by atoms with Gasteiger partial charge in [0.05, 0.1) is 11.9 Å². The Hall–Kier alpha value is -2.58. The number of anilines is 1. The van der Waals surface area contributed by atoms with Crippen molar-refractivity contribution in [2.45, 2.75) is 53.1 Å². The Bertz CT molecular complexity index is 1120. The van der Waals surface area contributed by atoms with Crippen molar-refractivity contribution in [3.8, 4) is 0 Å². The molecule has 0 aliphatic rings. The second-order valence-electron chi connectivity index (χ2n) is 8.53. The summed E-state index contributed by atoms with van der Waals surface area (Å²) < 4.78 is 26.5. The first-order valence-corrected chi connectivity index (χ1v) is 13.5. The van der Waals surface area contributed by atoms with E-state index in [1.54, 1.807) is 38.1 Å². The molecule has 2 aromatic carbocycles. The molecule has 0 aromatic heterocycles. The van der Waals surface area contributed by atoms with Crippen molar-refractivity contribution in [3.05, 3.63) is 64.2 Å². The van der Waals surface area contributed by atoms with E-state index in [0.717, 1.165) is 40.1 Å². The Balaban J connectivity index is 2.39. The highest BCUT2D eigenvalue weighted by atomic mass is 35.5. The van der Waals surface area contributed by atoms with Gasteiger partial charge in [-0.25, -0.2) is 8.42 Å². The smallest absolute Gasteiger partial charge is 0.244 e.